The van der Waals surface area contributed by atoms with E-state index in [0.29, 0.717) is 19.0 Å². The normalized spacial score (nSPS) is 18.1. The zero-order chi connectivity index (χ0) is 16.1. The molecule has 1 atom stereocenters. The van der Waals surface area contributed by atoms with Gasteiger partial charge in [0.1, 0.15) is 5.82 Å². The lowest BCUT2D eigenvalue weighted by Crippen LogP contribution is -2.41. The Morgan fingerprint density at radius 2 is 2.23 bits per heavy atom. The number of hydrogen-bond acceptors (Lipinski definition) is 3. The van der Waals surface area contributed by atoms with Gasteiger partial charge in [-0.25, -0.2) is 4.39 Å². The van der Waals surface area contributed by atoms with Crippen LogP contribution >= 0.6 is 11.6 Å². The smallest absolute Gasteiger partial charge is 0.310 e. The third-order valence-electron chi connectivity index (χ3n) is 3.75. The van der Waals surface area contributed by atoms with Gasteiger partial charge in [0.2, 0.25) is 0 Å². The fourth-order valence-corrected chi connectivity index (χ4v) is 2.78. The van der Waals surface area contributed by atoms with E-state index >= 15 is 0 Å². The lowest BCUT2D eigenvalue weighted by Gasteiger charge is -2.30. The van der Waals surface area contributed by atoms with Gasteiger partial charge in [-0.2, -0.15) is 0 Å². The second-order valence-electron chi connectivity index (χ2n) is 5.62. The first-order chi connectivity index (χ1) is 10.5. The average molecular weight is 328 g/mol. The molecular weight excluding hydrogens is 309 g/mol. The van der Waals surface area contributed by atoms with E-state index in [1.165, 1.54) is 18.2 Å². The van der Waals surface area contributed by atoms with Crippen molar-refractivity contribution < 1.29 is 18.7 Å². The van der Waals surface area contributed by atoms with Crippen LogP contribution in [0.15, 0.2) is 18.2 Å². The molecule has 0 unspecified atom stereocenters. The van der Waals surface area contributed by atoms with E-state index in [4.69, 9.17) is 16.3 Å². The van der Waals surface area contributed by atoms with Crippen LogP contribution in [0, 0.1) is 11.7 Å². The Morgan fingerprint density at radius 3 is 2.91 bits per heavy atom. The summed E-state index contributed by atoms with van der Waals surface area (Å²) in [4.78, 5) is 25.4. The van der Waals surface area contributed by atoms with Gasteiger partial charge in [0.05, 0.1) is 6.42 Å². The summed E-state index contributed by atoms with van der Waals surface area (Å²) in [6.45, 7) is 3.17. The van der Waals surface area contributed by atoms with Crippen LogP contribution in [0.25, 0.3) is 0 Å². The third-order valence-corrected chi connectivity index (χ3v) is 4.10. The van der Waals surface area contributed by atoms with Crippen LogP contribution in [0.4, 0.5) is 4.39 Å². The number of carbonyl (C=O) groups is 2. The quantitative estimate of drug-likeness (QED) is 0.799. The Labute approximate surface area is 134 Å². The van der Waals surface area contributed by atoms with Gasteiger partial charge in [-0.3, -0.25) is 9.59 Å². The first kappa shape index (κ1) is 16.7. The van der Waals surface area contributed by atoms with Crippen molar-refractivity contribution in [1.29, 1.82) is 0 Å². The number of benzene rings is 1. The Hall–Kier alpha value is -1.62. The topological polar surface area (TPSA) is 46.6 Å². The number of ether oxygens (including phenoxy) is 1. The lowest BCUT2D eigenvalue weighted by molar-refractivity contribution is -0.152. The van der Waals surface area contributed by atoms with Crippen molar-refractivity contribution in [3.05, 3.63) is 34.6 Å². The Bertz CT molecular complexity index is 544. The number of amides is 1. The number of nitrogens with zero attached hydrogens (tertiary/aromatic N) is 1. The van der Waals surface area contributed by atoms with Gasteiger partial charge in [-0.1, -0.05) is 24.6 Å². The first-order valence-corrected chi connectivity index (χ1v) is 7.71. The highest BCUT2D eigenvalue weighted by atomic mass is 35.5. The Kier molecular flexibility index (Phi) is 5.77. The standard InChI is InChI=1S/C16H19ClFNO3/c1-11-4-3-7-19(9-11)15(20)10-22-16(21)8-12-13(17)5-2-6-14(12)18/h2,5-6,11H,3-4,7-10H2,1H3/t11-/m1/s1. The SMILES string of the molecule is C[C@@H]1CCCN(C(=O)COC(=O)Cc2c(F)cccc2Cl)C1. The molecule has 0 radical (unpaired) electrons. The van der Waals surface area contributed by atoms with Crippen molar-refractivity contribution >= 4 is 23.5 Å². The maximum Gasteiger partial charge on any atom is 0.310 e. The molecule has 0 aliphatic carbocycles. The average Bonchev–Trinajstić information content (AvgIpc) is 2.48. The number of hydrogen-bond donors (Lipinski definition) is 0. The highest BCUT2D eigenvalue weighted by Crippen LogP contribution is 2.20. The third kappa shape index (κ3) is 4.44. The first-order valence-electron chi connectivity index (χ1n) is 7.33. The molecule has 0 aromatic heterocycles. The molecule has 0 N–H and O–H groups in total. The molecular formula is C16H19ClFNO3. The Balaban J connectivity index is 1.84. The number of carbonyl (C=O) groups excluding carboxylic acids is 2. The van der Waals surface area contributed by atoms with Crippen LogP contribution in [0.3, 0.4) is 0 Å². The number of halogens is 2. The molecule has 4 nitrogen and oxygen atoms in total. The van der Waals surface area contributed by atoms with Gasteiger partial charge in [-0.05, 0) is 30.9 Å². The summed E-state index contributed by atoms with van der Waals surface area (Å²) in [5.74, 6) is -0.962. The summed E-state index contributed by atoms with van der Waals surface area (Å²) in [5, 5.41) is 0.174. The predicted octanol–water partition coefficient (Wildman–Crippen LogP) is 2.82. The molecule has 1 aliphatic heterocycles. The number of piperidine rings is 1. The Morgan fingerprint density at radius 1 is 1.45 bits per heavy atom. The summed E-state index contributed by atoms with van der Waals surface area (Å²) < 4.78 is 18.5. The summed E-state index contributed by atoms with van der Waals surface area (Å²) in [6.07, 6.45) is 1.79. The molecule has 0 bridgehead atoms. The van der Waals surface area contributed by atoms with E-state index in [1.807, 2.05) is 0 Å². The van der Waals surface area contributed by atoms with Gasteiger partial charge >= 0.3 is 5.97 Å². The maximum absolute atomic E-state index is 13.6. The van der Waals surface area contributed by atoms with Gasteiger partial charge in [0.25, 0.3) is 5.91 Å². The van der Waals surface area contributed by atoms with Gasteiger partial charge < -0.3 is 9.64 Å². The van der Waals surface area contributed by atoms with Crippen molar-refractivity contribution in [2.24, 2.45) is 5.92 Å². The van der Waals surface area contributed by atoms with Crippen molar-refractivity contribution in [3.8, 4) is 0 Å². The summed E-state index contributed by atoms with van der Waals surface area (Å²) in [7, 11) is 0. The van der Waals surface area contributed by atoms with E-state index in [2.05, 4.69) is 6.92 Å². The molecule has 6 heteroatoms. The minimum Gasteiger partial charge on any atom is -0.455 e. The zero-order valence-corrected chi connectivity index (χ0v) is 13.2. The largest absolute Gasteiger partial charge is 0.455 e. The fourth-order valence-electron chi connectivity index (χ4n) is 2.55. The lowest BCUT2D eigenvalue weighted by atomic mass is 10.0. The molecule has 120 valence electrons. The van der Waals surface area contributed by atoms with E-state index in [9.17, 15) is 14.0 Å². The zero-order valence-electron chi connectivity index (χ0n) is 12.5. The van der Waals surface area contributed by atoms with Crippen LogP contribution in [0.2, 0.25) is 5.02 Å². The van der Waals surface area contributed by atoms with Gasteiger partial charge in [0, 0.05) is 23.7 Å². The van der Waals surface area contributed by atoms with Gasteiger partial charge in [-0.15, -0.1) is 0 Å². The molecule has 1 heterocycles. The highest BCUT2D eigenvalue weighted by Gasteiger charge is 2.22. The molecule has 1 aromatic rings. The van der Waals surface area contributed by atoms with Crippen molar-refractivity contribution in [2.45, 2.75) is 26.2 Å². The van der Waals surface area contributed by atoms with Crippen LogP contribution in [0.1, 0.15) is 25.3 Å². The second-order valence-corrected chi connectivity index (χ2v) is 6.03. The van der Waals surface area contributed by atoms with Gasteiger partial charge in [0.15, 0.2) is 6.61 Å². The maximum atomic E-state index is 13.6. The van der Waals surface area contributed by atoms with E-state index in [0.717, 1.165) is 12.8 Å². The monoisotopic (exact) mass is 327 g/mol. The molecule has 22 heavy (non-hydrogen) atoms. The van der Waals surface area contributed by atoms with E-state index in [1.54, 1.807) is 4.90 Å². The molecule has 0 saturated carbocycles. The molecule has 1 amide bonds. The number of likely N-dealkylation sites (tertiary alicyclic amines) is 1. The number of esters is 1. The molecule has 1 saturated heterocycles. The molecule has 1 aromatic carbocycles. The highest BCUT2D eigenvalue weighted by molar-refractivity contribution is 6.31. The number of rotatable bonds is 4. The summed E-state index contributed by atoms with van der Waals surface area (Å²) >= 11 is 5.85. The molecule has 1 aliphatic rings. The van der Waals surface area contributed by atoms with Crippen LogP contribution in [-0.2, 0) is 20.7 Å². The van der Waals surface area contributed by atoms with Crippen LogP contribution in [0.5, 0.6) is 0 Å². The minimum absolute atomic E-state index is 0.0909. The van der Waals surface area contributed by atoms with E-state index < -0.39 is 11.8 Å². The molecule has 1 fully saturated rings. The van der Waals surface area contributed by atoms with Crippen molar-refractivity contribution in [2.75, 3.05) is 19.7 Å². The second kappa shape index (κ2) is 7.58. The fraction of sp³-hybridized carbons (Fsp3) is 0.500. The minimum atomic E-state index is -0.662. The molecule has 0 spiro atoms. The van der Waals surface area contributed by atoms with Crippen LogP contribution < -0.4 is 0 Å². The van der Waals surface area contributed by atoms with Crippen molar-refractivity contribution in [3.63, 3.8) is 0 Å². The van der Waals surface area contributed by atoms with Crippen molar-refractivity contribution in [1.82, 2.24) is 4.90 Å². The van der Waals surface area contributed by atoms with E-state index in [-0.39, 0.29) is 29.5 Å². The molecule has 2 rings (SSSR count). The van der Waals surface area contributed by atoms with Crippen LogP contribution in [-0.4, -0.2) is 36.5 Å². The summed E-state index contributed by atoms with van der Waals surface area (Å²) in [5.41, 5.74) is 0.0909. The summed E-state index contributed by atoms with van der Waals surface area (Å²) in [6, 6.07) is 4.20. The predicted molar refractivity (Wildman–Crippen MR) is 81.1 cm³/mol.